The third kappa shape index (κ3) is 6.91. The SMILES string of the molecule is COc1ccc(Cc2c(CO)c(C)cc(Cc3cc(C)c(OC)c(Cc4ccc(OC)cc4OC)c3OC)c2OC)c(OC)c1. The lowest BCUT2D eigenvalue weighted by atomic mass is 9.88. The van der Waals surface area contributed by atoms with Crippen molar-refractivity contribution in [2.75, 3.05) is 49.8 Å². The molecule has 0 bridgehead atoms. The summed E-state index contributed by atoms with van der Waals surface area (Å²) in [4.78, 5) is 0. The fraction of sp³-hybridized carbons (Fsp3) is 0.351. The first-order chi connectivity index (χ1) is 21.8. The van der Waals surface area contributed by atoms with Gasteiger partial charge in [0.25, 0.3) is 0 Å². The second kappa shape index (κ2) is 14.9. The van der Waals surface area contributed by atoms with Gasteiger partial charge in [-0.2, -0.15) is 0 Å². The standard InChI is InChI=1S/C37H44O8/c1-22-14-26(36(44-8)30(32(22)21-38)17-24-10-12-28(39-3)19-33(24)41-5)16-27-15-23(2)35(43-7)31(37(27)45-9)18-25-11-13-29(40-4)20-34(25)42-6/h10-15,19-20,38H,16-18,21H2,1-9H3. The monoisotopic (exact) mass is 616 g/mol. The molecule has 0 atom stereocenters. The van der Waals surface area contributed by atoms with Crippen LogP contribution in [0.2, 0.25) is 0 Å². The minimum Gasteiger partial charge on any atom is -0.497 e. The van der Waals surface area contributed by atoms with Crippen LogP contribution in [0.5, 0.6) is 40.2 Å². The van der Waals surface area contributed by atoms with Crippen LogP contribution in [0.25, 0.3) is 0 Å². The molecule has 45 heavy (non-hydrogen) atoms. The van der Waals surface area contributed by atoms with Gasteiger partial charge >= 0.3 is 0 Å². The fourth-order valence-corrected chi connectivity index (χ4v) is 6.12. The largest absolute Gasteiger partial charge is 0.497 e. The predicted molar refractivity (Wildman–Crippen MR) is 175 cm³/mol. The van der Waals surface area contributed by atoms with Gasteiger partial charge in [0.2, 0.25) is 0 Å². The number of rotatable bonds is 14. The Labute approximate surface area is 266 Å². The lowest BCUT2D eigenvalue weighted by Gasteiger charge is -2.23. The van der Waals surface area contributed by atoms with E-state index in [0.29, 0.717) is 30.8 Å². The van der Waals surface area contributed by atoms with Gasteiger partial charge in [-0.15, -0.1) is 0 Å². The lowest BCUT2D eigenvalue weighted by Crippen LogP contribution is -2.09. The fourth-order valence-electron chi connectivity index (χ4n) is 6.12. The van der Waals surface area contributed by atoms with Gasteiger partial charge in [0.05, 0.1) is 56.4 Å². The number of ether oxygens (including phenoxy) is 7. The van der Waals surface area contributed by atoms with Crippen molar-refractivity contribution in [2.45, 2.75) is 39.7 Å². The Kier molecular flexibility index (Phi) is 11.1. The van der Waals surface area contributed by atoms with E-state index in [1.165, 1.54) is 0 Å². The number of benzene rings is 4. The van der Waals surface area contributed by atoms with Gasteiger partial charge < -0.3 is 38.3 Å². The zero-order valence-corrected chi connectivity index (χ0v) is 27.8. The maximum atomic E-state index is 10.5. The molecule has 8 nitrogen and oxygen atoms in total. The molecule has 0 aliphatic heterocycles. The lowest BCUT2D eigenvalue weighted by molar-refractivity contribution is 0.278. The maximum Gasteiger partial charge on any atom is 0.129 e. The maximum absolute atomic E-state index is 10.5. The van der Waals surface area contributed by atoms with Crippen LogP contribution in [0.3, 0.4) is 0 Å². The number of aryl methyl sites for hydroxylation is 2. The van der Waals surface area contributed by atoms with Crippen LogP contribution in [0.15, 0.2) is 48.5 Å². The first-order valence-electron chi connectivity index (χ1n) is 14.7. The molecule has 0 fully saturated rings. The van der Waals surface area contributed by atoms with Crippen LogP contribution in [-0.2, 0) is 25.9 Å². The van der Waals surface area contributed by atoms with Gasteiger partial charge in [-0.05, 0) is 71.0 Å². The molecule has 4 aromatic rings. The Morgan fingerprint density at radius 2 is 0.911 bits per heavy atom. The van der Waals surface area contributed by atoms with Gasteiger partial charge in [0, 0.05) is 42.5 Å². The molecule has 1 N–H and O–H groups in total. The normalized spacial score (nSPS) is 10.8. The van der Waals surface area contributed by atoms with Crippen LogP contribution in [-0.4, -0.2) is 54.9 Å². The van der Waals surface area contributed by atoms with Gasteiger partial charge in [-0.25, -0.2) is 0 Å². The molecule has 0 aliphatic carbocycles. The molecule has 0 aliphatic rings. The summed E-state index contributed by atoms with van der Waals surface area (Å²) in [6.07, 6.45) is 1.56. The van der Waals surface area contributed by atoms with E-state index in [9.17, 15) is 5.11 Å². The molecule has 0 spiro atoms. The van der Waals surface area contributed by atoms with Gasteiger partial charge in [-0.3, -0.25) is 0 Å². The Hall–Kier alpha value is -4.56. The summed E-state index contributed by atoms with van der Waals surface area (Å²) < 4.78 is 40.3. The summed E-state index contributed by atoms with van der Waals surface area (Å²) in [6.45, 7) is 3.94. The first kappa shape index (κ1) is 33.3. The van der Waals surface area contributed by atoms with Crippen LogP contribution in [0, 0.1) is 13.8 Å². The van der Waals surface area contributed by atoms with E-state index in [4.69, 9.17) is 33.2 Å². The summed E-state index contributed by atoms with van der Waals surface area (Å²) in [5.41, 5.74) is 8.52. The van der Waals surface area contributed by atoms with E-state index in [2.05, 4.69) is 12.1 Å². The van der Waals surface area contributed by atoms with Crippen molar-refractivity contribution >= 4 is 0 Å². The number of hydrogen-bond acceptors (Lipinski definition) is 8. The molecule has 240 valence electrons. The predicted octanol–water partition coefficient (Wildman–Crippen LogP) is 6.63. The van der Waals surface area contributed by atoms with Crippen molar-refractivity contribution in [1.29, 1.82) is 0 Å². The van der Waals surface area contributed by atoms with Crippen molar-refractivity contribution < 1.29 is 38.3 Å². The minimum absolute atomic E-state index is 0.116. The number of hydrogen-bond donors (Lipinski definition) is 1. The van der Waals surface area contributed by atoms with Crippen molar-refractivity contribution in [3.63, 3.8) is 0 Å². The Bertz CT molecular complexity index is 1520. The van der Waals surface area contributed by atoms with Crippen LogP contribution >= 0.6 is 0 Å². The smallest absolute Gasteiger partial charge is 0.129 e. The highest BCUT2D eigenvalue weighted by molar-refractivity contribution is 5.61. The topological polar surface area (TPSA) is 84.8 Å². The highest BCUT2D eigenvalue weighted by Gasteiger charge is 2.24. The van der Waals surface area contributed by atoms with Gasteiger partial charge in [-0.1, -0.05) is 18.2 Å². The minimum atomic E-state index is -0.116. The zero-order chi connectivity index (χ0) is 32.7. The summed E-state index contributed by atoms with van der Waals surface area (Å²) in [6, 6.07) is 15.7. The molecule has 0 radical (unpaired) electrons. The number of aliphatic hydroxyl groups excluding tert-OH is 1. The summed E-state index contributed by atoms with van der Waals surface area (Å²) >= 11 is 0. The van der Waals surface area contributed by atoms with Crippen molar-refractivity contribution in [1.82, 2.24) is 0 Å². The first-order valence-corrected chi connectivity index (χ1v) is 14.7. The summed E-state index contributed by atoms with van der Waals surface area (Å²) in [7, 11) is 11.6. The summed E-state index contributed by atoms with van der Waals surface area (Å²) in [5.74, 6) is 5.07. The molecule has 0 aromatic heterocycles. The van der Waals surface area contributed by atoms with E-state index >= 15 is 0 Å². The molecule has 0 heterocycles. The Morgan fingerprint density at radius 1 is 0.444 bits per heavy atom. The molecule has 0 saturated carbocycles. The van der Waals surface area contributed by atoms with Crippen molar-refractivity contribution in [3.05, 3.63) is 98.6 Å². The van der Waals surface area contributed by atoms with E-state index < -0.39 is 0 Å². The van der Waals surface area contributed by atoms with Crippen molar-refractivity contribution in [3.8, 4) is 40.2 Å². The molecule has 0 amide bonds. The van der Waals surface area contributed by atoms with Crippen LogP contribution in [0.4, 0.5) is 0 Å². The number of methoxy groups -OCH3 is 7. The third-order valence-corrected chi connectivity index (χ3v) is 8.26. The second-order valence-corrected chi connectivity index (χ2v) is 10.8. The highest BCUT2D eigenvalue weighted by Crippen LogP contribution is 2.42. The molecule has 0 unspecified atom stereocenters. The molecule has 0 saturated heterocycles. The Morgan fingerprint density at radius 3 is 1.36 bits per heavy atom. The van der Waals surface area contributed by atoms with E-state index in [0.717, 1.165) is 78.8 Å². The molecule has 4 aromatic carbocycles. The summed E-state index contributed by atoms with van der Waals surface area (Å²) in [5, 5.41) is 10.5. The van der Waals surface area contributed by atoms with Gasteiger partial charge in [0.15, 0.2) is 0 Å². The van der Waals surface area contributed by atoms with Crippen LogP contribution in [0.1, 0.15) is 50.1 Å². The average molecular weight is 617 g/mol. The van der Waals surface area contributed by atoms with E-state index in [-0.39, 0.29) is 6.61 Å². The number of aliphatic hydroxyl groups is 1. The zero-order valence-electron chi connectivity index (χ0n) is 27.8. The quantitative estimate of drug-likeness (QED) is 0.169. The van der Waals surface area contributed by atoms with E-state index in [1.54, 1.807) is 49.8 Å². The molecular formula is C37H44O8. The Balaban J connectivity index is 1.85. The van der Waals surface area contributed by atoms with E-state index in [1.807, 2.05) is 50.2 Å². The van der Waals surface area contributed by atoms with Crippen molar-refractivity contribution in [2.24, 2.45) is 0 Å². The second-order valence-electron chi connectivity index (χ2n) is 10.8. The molecule has 8 heteroatoms. The molecule has 4 rings (SSSR count). The highest BCUT2D eigenvalue weighted by atomic mass is 16.5. The average Bonchev–Trinajstić information content (AvgIpc) is 3.05. The van der Waals surface area contributed by atoms with Gasteiger partial charge in [0.1, 0.15) is 40.2 Å². The van der Waals surface area contributed by atoms with Crippen LogP contribution < -0.4 is 33.2 Å². The molecular weight excluding hydrogens is 572 g/mol. The third-order valence-electron chi connectivity index (χ3n) is 8.26.